The van der Waals surface area contributed by atoms with Gasteiger partial charge in [-0.1, -0.05) is 11.6 Å². The molecule has 15 heavy (non-hydrogen) atoms. The highest BCUT2D eigenvalue weighted by molar-refractivity contribution is 7.19. The third-order valence-electron chi connectivity index (χ3n) is 1.90. The van der Waals surface area contributed by atoms with Crippen LogP contribution in [0.5, 0.6) is 0 Å². The van der Waals surface area contributed by atoms with Crippen LogP contribution in [0, 0.1) is 0 Å². The molecule has 2 aromatic heterocycles. The Morgan fingerprint density at radius 2 is 2.13 bits per heavy atom. The van der Waals surface area contributed by atoms with E-state index in [1.807, 2.05) is 31.3 Å². The van der Waals surface area contributed by atoms with Crippen molar-refractivity contribution in [3.8, 4) is 10.6 Å². The van der Waals surface area contributed by atoms with E-state index in [1.54, 1.807) is 0 Å². The van der Waals surface area contributed by atoms with Gasteiger partial charge in [0, 0.05) is 6.54 Å². The summed E-state index contributed by atoms with van der Waals surface area (Å²) in [5, 5.41) is 11.3. The van der Waals surface area contributed by atoms with Crippen molar-refractivity contribution < 1.29 is 0 Å². The fourth-order valence-corrected chi connectivity index (χ4v) is 2.23. The van der Waals surface area contributed by atoms with Gasteiger partial charge in [-0.05, 0) is 31.3 Å². The summed E-state index contributed by atoms with van der Waals surface area (Å²) in [4.78, 5) is 1.04. The Bertz CT molecular complexity index is 438. The molecule has 2 heterocycles. The molecule has 3 nitrogen and oxygen atoms in total. The lowest BCUT2D eigenvalue weighted by Crippen LogP contribution is -2.07. The van der Waals surface area contributed by atoms with Gasteiger partial charge in [-0.25, -0.2) is 0 Å². The van der Waals surface area contributed by atoms with Gasteiger partial charge in [-0.15, -0.1) is 16.4 Å². The predicted molar refractivity (Wildman–Crippen MR) is 63.1 cm³/mol. The topological polar surface area (TPSA) is 37.8 Å². The number of halogens is 1. The summed E-state index contributed by atoms with van der Waals surface area (Å²) in [5.74, 6) is 0. The minimum absolute atomic E-state index is 0.735. The highest BCUT2D eigenvalue weighted by atomic mass is 35.5. The molecular weight excluding hydrogens is 230 g/mol. The van der Waals surface area contributed by atoms with Crippen LogP contribution >= 0.6 is 22.9 Å². The maximum atomic E-state index is 5.85. The molecule has 0 aliphatic carbocycles. The Kier molecular flexibility index (Phi) is 3.30. The number of thiophene rings is 1. The van der Waals surface area contributed by atoms with Gasteiger partial charge >= 0.3 is 0 Å². The smallest absolute Gasteiger partial charge is 0.103 e. The molecule has 0 spiro atoms. The summed E-state index contributed by atoms with van der Waals surface area (Å²) < 4.78 is 0.770. The van der Waals surface area contributed by atoms with Gasteiger partial charge in [-0.2, -0.15) is 5.10 Å². The van der Waals surface area contributed by atoms with Gasteiger partial charge < -0.3 is 5.32 Å². The quantitative estimate of drug-likeness (QED) is 0.895. The molecule has 0 aliphatic rings. The van der Waals surface area contributed by atoms with E-state index in [-0.39, 0.29) is 0 Å². The molecule has 0 saturated carbocycles. The fourth-order valence-electron chi connectivity index (χ4n) is 1.22. The number of nitrogens with zero attached hydrogens (tertiary/aromatic N) is 2. The van der Waals surface area contributed by atoms with E-state index in [2.05, 4.69) is 15.5 Å². The molecule has 0 radical (unpaired) electrons. The first kappa shape index (κ1) is 10.5. The minimum atomic E-state index is 0.735. The maximum absolute atomic E-state index is 5.85. The van der Waals surface area contributed by atoms with Crippen LogP contribution in [-0.4, -0.2) is 17.2 Å². The van der Waals surface area contributed by atoms with Crippen molar-refractivity contribution >= 4 is 22.9 Å². The molecule has 0 saturated heterocycles. The van der Waals surface area contributed by atoms with Crippen molar-refractivity contribution in [2.24, 2.45) is 0 Å². The Morgan fingerprint density at radius 1 is 1.27 bits per heavy atom. The Morgan fingerprint density at radius 3 is 2.67 bits per heavy atom. The second-order valence-corrected chi connectivity index (χ2v) is 4.76. The largest absolute Gasteiger partial charge is 0.314 e. The molecule has 2 aromatic rings. The molecule has 0 bridgehead atoms. The Labute approximate surface area is 97.1 Å². The van der Waals surface area contributed by atoms with Gasteiger partial charge in [-0.3, -0.25) is 0 Å². The lowest BCUT2D eigenvalue weighted by molar-refractivity contribution is 0.769. The van der Waals surface area contributed by atoms with Gasteiger partial charge in [0.2, 0.25) is 0 Å². The van der Waals surface area contributed by atoms with Crippen LogP contribution in [0.3, 0.4) is 0 Å². The van der Waals surface area contributed by atoms with E-state index in [4.69, 9.17) is 11.6 Å². The SMILES string of the molecule is CNCc1ccc(-c2ccc(Cl)s2)nn1. The third kappa shape index (κ3) is 2.53. The predicted octanol–water partition coefficient (Wildman–Crippen LogP) is 2.58. The molecule has 0 fully saturated rings. The van der Waals surface area contributed by atoms with Crippen LogP contribution in [0.25, 0.3) is 10.6 Å². The summed E-state index contributed by atoms with van der Waals surface area (Å²) in [7, 11) is 1.88. The van der Waals surface area contributed by atoms with Gasteiger partial charge in [0.15, 0.2) is 0 Å². The molecule has 0 aromatic carbocycles. The molecule has 0 atom stereocenters. The molecule has 1 N–H and O–H groups in total. The second-order valence-electron chi connectivity index (χ2n) is 3.04. The summed E-state index contributed by atoms with van der Waals surface area (Å²) in [6.45, 7) is 0.735. The maximum Gasteiger partial charge on any atom is 0.103 e. The first-order valence-corrected chi connectivity index (χ1v) is 5.72. The molecule has 2 rings (SSSR count). The molecule has 0 aliphatic heterocycles. The van der Waals surface area contributed by atoms with Crippen LogP contribution in [0.1, 0.15) is 5.69 Å². The van der Waals surface area contributed by atoms with E-state index in [9.17, 15) is 0 Å². The highest BCUT2D eigenvalue weighted by Gasteiger charge is 2.03. The van der Waals surface area contributed by atoms with E-state index < -0.39 is 0 Å². The zero-order valence-corrected chi connectivity index (χ0v) is 9.77. The fraction of sp³-hybridized carbons (Fsp3) is 0.200. The Balaban J connectivity index is 2.23. The van der Waals surface area contributed by atoms with Gasteiger partial charge in [0.25, 0.3) is 0 Å². The average Bonchev–Trinajstić information content (AvgIpc) is 2.67. The summed E-state index contributed by atoms with van der Waals surface area (Å²) >= 11 is 7.36. The van der Waals surface area contributed by atoms with Crippen molar-refractivity contribution in [3.05, 3.63) is 34.3 Å². The number of nitrogens with one attached hydrogen (secondary N) is 1. The first-order valence-electron chi connectivity index (χ1n) is 4.52. The summed E-state index contributed by atoms with van der Waals surface area (Å²) in [6, 6.07) is 7.74. The summed E-state index contributed by atoms with van der Waals surface area (Å²) in [6.07, 6.45) is 0. The standard InChI is InChI=1S/C10H10ClN3S/c1-12-6-7-2-3-8(14-13-7)9-4-5-10(11)15-9/h2-5,12H,6H2,1H3. The van der Waals surface area contributed by atoms with Crippen molar-refractivity contribution in [2.75, 3.05) is 7.05 Å². The van der Waals surface area contributed by atoms with E-state index in [1.165, 1.54) is 11.3 Å². The molecule has 0 amide bonds. The van der Waals surface area contributed by atoms with Crippen LogP contribution < -0.4 is 5.32 Å². The number of hydrogen-bond donors (Lipinski definition) is 1. The molecule has 78 valence electrons. The van der Waals surface area contributed by atoms with Crippen LogP contribution in [0.2, 0.25) is 4.34 Å². The second kappa shape index (κ2) is 4.70. The van der Waals surface area contributed by atoms with Crippen LogP contribution in [0.15, 0.2) is 24.3 Å². The zero-order chi connectivity index (χ0) is 10.7. The monoisotopic (exact) mass is 239 g/mol. The minimum Gasteiger partial charge on any atom is -0.314 e. The van der Waals surface area contributed by atoms with E-state index >= 15 is 0 Å². The van der Waals surface area contributed by atoms with Crippen molar-refractivity contribution in [2.45, 2.75) is 6.54 Å². The number of rotatable bonds is 3. The third-order valence-corrected chi connectivity index (χ3v) is 3.16. The van der Waals surface area contributed by atoms with Crippen LogP contribution in [0.4, 0.5) is 0 Å². The normalized spacial score (nSPS) is 10.5. The lowest BCUT2D eigenvalue weighted by Gasteiger charge is -1.99. The van der Waals surface area contributed by atoms with E-state index in [0.29, 0.717) is 0 Å². The van der Waals surface area contributed by atoms with Gasteiger partial charge in [0.1, 0.15) is 5.69 Å². The van der Waals surface area contributed by atoms with Crippen LogP contribution in [-0.2, 0) is 6.54 Å². The van der Waals surface area contributed by atoms with Crippen molar-refractivity contribution in [1.82, 2.24) is 15.5 Å². The Hall–Kier alpha value is -0.970. The van der Waals surface area contributed by atoms with Crippen molar-refractivity contribution in [1.29, 1.82) is 0 Å². The molecule has 0 unspecified atom stereocenters. The highest BCUT2D eigenvalue weighted by Crippen LogP contribution is 2.29. The number of aromatic nitrogens is 2. The van der Waals surface area contributed by atoms with Gasteiger partial charge in [0.05, 0.1) is 14.9 Å². The first-order chi connectivity index (χ1) is 7.29. The average molecular weight is 240 g/mol. The lowest BCUT2D eigenvalue weighted by atomic mass is 10.3. The zero-order valence-electron chi connectivity index (χ0n) is 8.20. The number of hydrogen-bond acceptors (Lipinski definition) is 4. The molecule has 5 heteroatoms. The van der Waals surface area contributed by atoms with Crippen molar-refractivity contribution in [3.63, 3.8) is 0 Å². The molecular formula is C10H10ClN3S. The van der Waals surface area contributed by atoms with E-state index in [0.717, 1.165) is 27.1 Å². The summed E-state index contributed by atoms with van der Waals surface area (Å²) in [5.41, 5.74) is 1.80.